The summed E-state index contributed by atoms with van der Waals surface area (Å²) in [6, 6.07) is 14.1. The molecule has 8 heteroatoms. The molecule has 4 nitrogen and oxygen atoms in total. The second-order valence-corrected chi connectivity index (χ2v) is 7.56. The quantitative estimate of drug-likeness (QED) is 0.475. The molecule has 0 bridgehead atoms. The van der Waals surface area contributed by atoms with Crippen LogP contribution in [0, 0.1) is 0 Å². The molecule has 1 heterocycles. The summed E-state index contributed by atoms with van der Waals surface area (Å²) in [5.74, 6) is -2.12. The fourth-order valence-corrected chi connectivity index (χ4v) is 4.01. The molecule has 0 saturated heterocycles. The first kappa shape index (κ1) is 20.3. The molecule has 0 aliphatic rings. The van der Waals surface area contributed by atoms with Gasteiger partial charge in [-0.2, -0.15) is 8.78 Å². The van der Waals surface area contributed by atoms with Gasteiger partial charge in [0.05, 0.1) is 30.0 Å². The number of carbonyl (C=O) groups excluding carboxylic acids is 1. The predicted molar refractivity (Wildman–Crippen MR) is 109 cm³/mol. The molecule has 3 rings (SSSR count). The van der Waals surface area contributed by atoms with Crippen molar-refractivity contribution in [2.75, 3.05) is 11.9 Å². The standard InChI is InChI=1S/C20H18F2N2O2S2/c1-2-26-16-9-5-3-7-14(16)19-23-13(12-27-19)11-18(25)24-15-8-4-6-10-17(15)28-20(21)22/h3-10,12,20H,2,11H2,1H3,(H,24,25). The Morgan fingerprint density at radius 1 is 1.21 bits per heavy atom. The lowest BCUT2D eigenvalue weighted by Crippen LogP contribution is -2.15. The number of amides is 1. The molecule has 0 atom stereocenters. The number of hydrogen-bond acceptors (Lipinski definition) is 5. The van der Waals surface area contributed by atoms with E-state index in [2.05, 4.69) is 10.3 Å². The molecule has 1 amide bonds. The molecule has 0 radical (unpaired) electrons. The fourth-order valence-electron chi connectivity index (χ4n) is 2.56. The summed E-state index contributed by atoms with van der Waals surface area (Å²) in [5.41, 5.74) is 1.86. The van der Waals surface area contributed by atoms with Gasteiger partial charge in [0.2, 0.25) is 5.91 Å². The van der Waals surface area contributed by atoms with Crippen LogP contribution in [0.5, 0.6) is 5.75 Å². The SMILES string of the molecule is CCOc1ccccc1-c1nc(CC(=O)Nc2ccccc2SC(F)F)cs1. The Hall–Kier alpha value is -2.45. The number of aromatic nitrogens is 1. The minimum absolute atomic E-state index is 0.0565. The molecule has 0 fully saturated rings. The first-order chi connectivity index (χ1) is 13.6. The number of nitrogens with zero attached hydrogens (tertiary/aromatic N) is 1. The number of benzene rings is 2. The van der Waals surface area contributed by atoms with Crippen molar-refractivity contribution in [3.8, 4) is 16.3 Å². The van der Waals surface area contributed by atoms with Crippen molar-refractivity contribution < 1.29 is 18.3 Å². The van der Waals surface area contributed by atoms with Gasteiger partial charge in [-0.3, -0.25) is 4.79 Å². The minimum Gasteiger partial charge on any atom is -0.493 e. The Labute approximate surface area is 170 Å². The van der Waals surface area contributed by atoms with Crippen LogP contribution in [-0.4, -0.2) is 23.3 Å². The molecule has 1 N–H and O–H groups in total. The minimum atomic E-state index is -2.55. The van der Waals surface area contributed by atoms with Gasteiger partial charge in [-0.15, -0.1) is 11.3 Å². The van der Waals surface area contributed by atoms with E-state index in [4.69, 9.17) is 4.74 Å². The number of anilines is 1. The van der Waals surface area contributed by atoms with Gasteiger partial charge in [0.15, 0.2) is 0 Å². The zero-order chi connectivity index (χ0) is 19.9. The van der Waals surface area contributed by atoms with Gasteiger partial charge >= 0.3 is 0 Å². The highest BCUT2D eigenvalue weighted by atomic mass is 32.2. The Morgan fingerprint density at radius 2 is 1.96 bits per heavy atom. The lowest BCUT2D eigenvalue weighted by Gasteiger charge is -2.09. The number of hydrogen-bond donors (Lipinski definition) is 1. The van der Waals surface area contributed by atoms with Crippen LogP contribution in [0.1, 0.15) is 12.6 Å². The van der Waals surface area contributed by atoms with Crippen LogP contribution in [0.2, 0.25) is 0 Å². The normalized spacial score (nSPS) is 10.9. The van der Waals surface area contributed by atoms with Crippen LogP contribution in [0.3, 0.4) is 0 Å². The summed E-state index contributed by atoms with van der Waals surface area (Å²) in [7, 11) is 0. The van der Waals surface area contributed by atoms with Crippen LogP contribution in [-0.2, 0) is 11.2 Å². The van der Waals surface area contributed by atoms with Gasteiger partial charge in [-0.25, -0.2) is 4.98 Å². The summed E-state index contributed by atoms with van der Waals surface area (Å²) >= 11 is 1.83. The predicted octanol–water partition coefficient (Wildman–Crippen LogP) is 5.70. The summed E-state index contributed by atoms with van der Waals surface area (Å²) in [4.78, 5) is 17.2. The molecular formula is C20H18F2N2O2S2. The zero-order valence-electron chi connectivity index (χ0n) is 15.0. The van der Waals surface area contributed by atoms with E-state index in [9.17, 15) is 13.6 Å². The molecule has 0 saturated carbocycles. The monoisotopic (exact) mass is 420 g/mol. The number of nitrogens with one attached hydrogen (secondary N) is 1. The number of alkyl halides is 2. The molecule has 0 unspecified atom stereocenters. The van der Waals surface area contributed by atoms with Crippen LogP contribution >= 0.6 is 23.1 Å². The Balaban J connectivity index is 1.70. The van der Waals surface area contributed by atoms with Gasteiger partial charge < -0.3 is 10.1 Å². The molecule has 0 aliphatic carbocycles. The van der Waals surface area contributed by atoms with E-state index >= 15 is 0 Å². The van der Waals surface area contributed by atoms with Gasteiger partial charge in [0.1, 0.15) is 10.8 Å². The van der Waals surface area contributed by atoms with Crippen molar-refractivity contribution >= 4 is 34.7 Å². The third-order valence-corrected chi connectivity index (χ3v) is 5.40. The van der Waals surface area contributed by atoms with E-state index in [1.165, 1.54) is 11.3 Å². The van der Waals surface area contributed by atoms with Gasteiger partial charge in [-0.1, -0.05) is 36.0 Å². The van der Waals surface area contributed by atoms with Gasteiger partial charge in [0.25, 0.3) is 5.76 Å². The van der Waals surface area contributed by atoms with Crippen molar-refractivity contribution in [1.82, 2.24) is 4.98 Å². The molecule has 2 aromatic carbocycles. The smallest absolute Gasteiger partial charge is 0.288 e. The Kier molecular flexibility index (Phi) is 7.00. The highest BCUT2D eigenvalue weighted by molar-refractivity contribution is 7.99. The molecule has 1 aromatic heterocycles. The van der Waals surface area contributed by atoms with Gasteiger partial charge in [-0.05, 0) is 31.2 Å². The summed E-state index contributed by atoms with van der Waals surface area (Å²) < 4.78 is 31.0. The van der Waals surface area contributed by atoms with Crippen LogP contribution in [0.15, 0.2) is 58.8 Å². The van der Waals surface area contributed by atoms with Crippen molar-refractivity contribution in [2.24, 2.45) is 0 Å². The van der Waals surface area contributed by atoms with E-state index in [-0.39, 0.29) is 12.3 Å². The fraction of sp³-hybridized carbons (Fsp3) is 0.200. The highest BCUT2D eigenvalue weighted by Gasteiger charge is 2.15. The number of ether oxygens (including phenoxy) is 1. The van der Waals surface area contributed by atoms with E-state index in [1.807, 2.05) is 36.6 Å². The Bertz CT molecular complexity index is 947. The summed E-state index contributed by atoms with van der Waals surface area (Å²) in [6.45, 7) is 2.46. The van der Waals surface area contributed by atoms with E-state index in [0.29, 0.717) is 34.6 Å². The van der Waals surface area contributed by atoms with E-state index < -0.39 is 5.76 Å². The summed E-state index contributed by atoms with van der Waals surface area (Å²) in [6.07, 6.45) is 0.0565. The second kappa shape index (κ2) is 9.66. The molecule has 0 aliphatic heterocycles. The first-order valence-electron chi connectivity index (χ1n) is 8.57. The number of thiazole rings is 1. The maximum Gasteiger partial charge on any atom is 0.288 e. The van der Waals surface area contributed by atoms with E-state index in [0.717, 1.165) is 16.3 Å². The van der Waals surface area contributed by atoms with Crippen LogP contribution in [0.4, 0.5) is 14.5 Å². The second-order valence-electron chi connectivity index (χ2n) is 5.67. The van der Waals surface area contributed by atoms with Crippen molar-refractivity contribution in [3.63, 3.8) is 0 Å². The molecular weight excluding hydrogens is 402 g/mol. The van der Waals surface area contributed by atoms with Crippen LogP contribution < -0.4 is 10.1 Å². The molecule has 0 spiro atoms. The van der Waals surface area contributed by atoms with E-state index in [1.54, 1.807) is 24.3 Å². The summed E-state index contributed by atoms with van der Waals surface area (Å²) in [5, 5.41) is 5.27. The van der Waals surface area contributed by atoms with Crippen molar-refractivity contribution in [2.45, 2.75) is 24.0 Å². The molecule has 28 heavy (non-hydrogen) atoms. The molecule has 146 valence electrons. The average molecular weight is 421 g/mol. The number of para-hydroxylation sites is 2. The lowest BCUT2D eigenvalue weighted by atomic mass is 10.2. The van der Waals surface area contributed by atoms with Crippen molar-refractivity contribution in [1.29, 1.82) is 0 Å². The number of carbonyl (C=O) groups is 1. The lowest BCUT2D eigenvalue weighted by molar-refractivity contribution is -0.115. The number of rotatable bonds is 8. The maximum absolute atomic E-state index is 12.7. The largest absolute Gasteiger partial charge is 0.493 e. The van der Waals surface area contributed by atoms with Crippen LogP contribution in [0.25, 0.3) is 10.6 Å². The van der Waals surface area contributed by atoms with Crippen molar-refractivity contribution in [3.05, 3.63) is 59.6 Å². The Morgan fingerprint density at radius 3 is 2.75 bits per heavy atom. The zero-order valence-corrected chi connectivity index (χ0v) is 16.7. The highest BCUT2D eigenvalue weighted by Crippen LogP contribution is 2.33. The first-order valence-corrected chi connectivity index (χ1v) is 10.3. The topological polar surface area (TPSA) is 51.2 Å². The maximum atomic E-state index is 12.7. The number of halogens is 2. The third kappa shape index (κ3) is 5.30. The molecule has 3 aromatic rings. The number of thioether (sulfide) groups is 1. The third-order valence-electron chi connectivity index (χ3n) is 3.69. The average Bonchev–Trinajstić information content (AvgIpc) is 3.12. The van der Waals surface area contributed by atoms with Gasteiger partial charge in [0, 0.05) is 10.3 Å².